The highest BCUT2D eigenvalue weighted by Gasteiger charge is 2.43. The number of aryl methyl sites for hydroxylation is 1. The number of halogens is 5. The SMILES string of the molecule is CCc1ccnc(C(=O)N2[C@H](C)CC[C@@H]2C(=O)N[C@@H](c2cc(F)c(C(F)(F)F)cc2F)C2CC2)c1. The van der Waals surface area contributed by atoms with Gasteiger partial charge in [0.25, 0.3) is 5.91 Å². The lowest BCUT2D eigenvalue weighted by Gasteiger charge is -2.29. The van der Waals surface area contributed by atoms with E-state index in [1.807, 2.05) is 13.8 Å². The molecule has 35 heavy (non-hydrogen) atoms. The molecule has 4 rings (SSSR count). The van der Waals surface area contributed by atoms with Crippen molar-refractivity contribution in [1.82, 2.24) is 15.2 Å². The molecule has 1 aromatic heterocycles. The van der Waals surface area contributed by atoms with Crippen molar-refractivity contribution in [3.63, 3.8) is 0 Å². The molecule has 2 heterocycles. The summed E-state index contributed by atoms with van der Waals surface area (Å²) < 4.78 is 67.8. The van der Waals surface area contributed by atoms with Gasteiger partial charge in [-0.25, -0.2) is 8.78 Å². The van der Waals surface area contributed by atoms with Crippen LogP contribution in [0.15, 0.2) is 30.5 Å². The average molecular weight is 495 g/mol. The van der Waals surface area contributed by atoms with Crippen LogP contribution in [0.25, 0.3) is 0 Å². The molecule has 1 aliphatic carbocycles. The molecule has 2 amide bonds. The third-order valence-electron chi connectivity index (χ3n) is 6.78. The van der Waals surface area contributed by atoms with Gasteiger partial charge in [0.1, 0.15) is 23.4 Å². The van der Waals surface area contributed by atoms with E-state index in [1.165, 1.54) is 11.1 Å². The maximum Gasteiger partial charge on any atom is 0.419 e. The van der Waals surface area contributed by atoms with Crippen LogP contribution in [0.5, 0.6) is 0 Å². The first kappa shape index (κ1) is 25.1. The van der Waals surface area contributed by atoms with Gasteiger partial charge in [-0.1, -0.05) is 6.92 Å². The standard InChI is InChI=1S/C25H26F5N3O2/c1-3-14-8-9-31-20(10-14)24(35)33-13(2)4-7-21(33)23(34)32-22(15-5-6-15)16-11-19(27)17(12-18(16)26)25(28,29)30/h8-13,15,21-22H,3-7H2,1-2H3,(H,32,34)/t13-,21-,22-/m1/s1. The van der Waals surface area contributed by atoms with E-state index in [2.05, 4.69) is 10.3 Å². The van der Waals surface area contributed by atoms with Crippen LogP contribution in [0.2, 0.25) is 0 Å². The molecule has 3 atom stereocenters. The van der Waals surface area contributed by atoms with Gasteiger partial charge < -0.3 is 10.2 Å². The van der Waals surface area contributed by atoms with Crippen molar-refractivity contribution >= 4 is 11.8 Å². The molecule has 5 nitrogen and oxygen atoms in total. The molecular formula is C25H26F5N3O2. The van der Waals surface area contributed by atoms with E-state index in [9.17, 15) is 31.5 Å². The number of hydrogen-bond donors (Lipinski definition) is 1. The van der Waals surface area contributed by atoms with Crippen LogP contribution in [-0.4, -0.2) is 33.8 Å². The summed E-state index contributed by atoms with van der Waals surface area (Å²) in [7, 11) is 0. The van der Waals surface area contributed by atoms with Crippen molar-refractivity contribution < 1.29 is 31.5 Å². The van der Waals surface area contributed by atoms with Gasteiger partial charge in [-0.2, -0.15) is 13.2 Å². The van der Waals surface area contributed by atoms with Crippen molar-refractivity contribution in [2.24, 2.45) is 5.92 Å². The van der Waals surface area contributed by atoms with Gasteiger partial charge in [-0.15, -0.1) is 0 Å². The van der Waals surface area contributed by atoms with Crippen LogP contribution in [0.4, 0.5) is 22.0 Å². The smallest absolute Gasteiger partial charge is 0.347 e. The second kappa shape index (κ2) is 9.54. The Labute approximate surface area is 199 Å². The Morgan fingerprint density at radius 1 is 1.11 bits per heavy atom. The van der Waals surface area contributed by atoms with E-state index in [0.717, 1.165) is 5.56 Å². The number of hydrogen-bond acceptors (Lipinski definition) is 3. The van der Waals surface area contributed by atoms with Gasteiger partial charge in [0, 0.05) is 17.8 Å². The third-order valence-corrected chi connectivity index (χ3v) is 6.78. The van der Waals surface area contributed by atoms with Crippen molar-refractivity contribution in [1.29, 1.82) is 0 Å². The van der Waals surface area contributed by atoms with Crippen LogP contribution < -0.4 is 5.32 Å². The molecule has 1 aliphatic heterocycles. The van der Waals surface area contributed by atoms with Gasteiger partial charge in [0.2, 0.25) is 5.91 Å². The Morgan fingerprint density at radius 2 is 1.83 bits per heavy atom. The van der Waals surface area contributed by atoms with Crippen molar-refractivity contribution in [2.45, 2.75) is 70.3 Å². The first-order valence-electron chi connectivity index (χ1n) is 11.6. The predicted molar refractivity (Wildman–Crippen MR) is 117 cm³/mol. The van der Waals surface area contributed by atoms with Crippen LogP contribution >= 0.6 is 0 Å². The lowest BCUT2D eigenvalue weighted by molar-refractivity contribution is -0.140. The fraction of sp³-hybridized carbons (Fsp3) is 0.480. The number of carbonyl (C=O) groups excluding carboxylic acids is 2. The fourth-order valence-electron chi connectivity index (χ4n) is 4.67. The molecule has 1 saturated heterocycles. The van der Waals surface area contributed by atoms with E-state index in [0.29, 0.717) is 38.2 Å². The molecule has 2 fully saturated rings. The highest BCUT2D eigenvalue weighted by atomic mass is 19.4. The summed E-state index contributed by atoms with van der Waals surface area (Å²) in [5.74, 6) is -4.01. The molecule has 0 bridgehead atoms. The molecule has 0 spiro atoms. The first-order chi connectivity index (χ1) is 16.5. The maximum atomic E-state index is 14.7. The highest BCUT2D eigenvalue weighted by molar-refractivity contribution is 5.97. The van der Waals surface area contributed by atoms with Crippen molar-refractivity contribution in [3.8, 4) is 0 Å². The number of likely N-dealkylation sites (tertiary alicyclic amines) is 1. The van der Waals surface area contributed by atoms with E-state index in [4.69, 9.17) is 0 Å². The number of nitrogens with zero attached hydrogens (tertiary/aromatic N) is 2. The summed E-state index contributed by atoms with van der Waals surface area (Å²) in [6.07, 6.45) is -0.629. The summed E-state index contributed by atoms with van der Waals surface area (Å²) >= 11 is 0. The topological polar surface area (TPSA) is 62.3 Å². The second-order valence-electron chi connectivity index (χ2n) is 9.23. The third kappa shape index (κ3) is 5.16. The molecule has 1 aromatic carbocycles. The minimum absolute atomic E-state index is 0.131. The second-order valence-corrected chi connectivity index (χ2v) is 9.23. The number of aromatic nitrogens is 1. The summed E-state index contributed by atoms with van der Waals surface area (Å²) in [5.41, 5.74) is -0.884. The number of amides is 2. The Kier molecular flexibility index (Phi) is 6.83. The minimum Gasteiger partial charge on any atom is -0.347 e. The van der Waals surface area contributed by atoms with Crippen molar-refractivity contribution in [3.05, 3.63) is 64.5 Å². The van der Waals surface area contributed by atoms with Gasteiger partial charge >= 0.3 is 6.18 Å². The molecule has 188 valence electrons. The monoisotopic (exact) mass is 495 g/mol. The number of rotatable bonds is 6. The zero-order chi connectivity index (χ0) is 25.5. The lowest BCUT2D eigenvalue weighted by Crippen LogP contribution is -2.49. The normalized spacial score (nSPS) is 21.2. The Morgan fingerprint density at radius 3 is 2.46 bits per heavy atom. The van der Waals surface area contributed by atoms with Crippen molar-refractivity contribution in [2.75, 3.05) is 0 Å². The van der Waals surface area contributed by atoms with Gasteiger partial charge in [0.15, 0.2) is 0 Å². The van der Waals surface area contributed by atoms with Crippen LogP contribution in [0, 0.1) is 17.6 Å². The van der Waals surface area contributed by atoms with E-state index < -0.39 is 47.3 Å². The summed E-state index contributed by atoms with van der Waals surface area (Å²) in [6.45, 7) is 3.76. The van der Waals surface area contributed by atoms with E-state index in [-0.39, 0.29) is 29.3 Å². The number of carbonyl (C=O) groups is 2. The average Bonchev–Trinajstić information content (AvgIpc) is 3.58. The molecule has 1 saturated carbocycles. The molecular weight excluding hydrogens is 469 g/mol. The van der Waals surface area contributed by atoms with Crippen LogP contribution in [0.3, 0.4) is 0 Å². The molecule has 2 aliphatic rings. The van der Waals surface area contributed by atoms with Gasteiger partial charge in [0.05, 0.1) is 11.6 Å². The maximum absolute atomic E-state index is 14.7. The highest BCUT2D eigenvalue weighted by Crippen LogP contribution is 2.43. The van der Waals surface area contributed by atoms with E-state index in [1.54, 1.807) is 12.1 Å². The molecule has 0 unspecified atom stereocenters. The molecule has 1 N–H and O–H groups in total. The van der Waals surface area contributed by atoms with E-state index >= 15 is 0 Å². The lowest BCUT2D eigenvalue weighted by atomic mass is 9.98. The Balaban J connectivity index is 1.58. The largest absolute Gasteiger partial charge is 0.419 e. The number of nitrogens with one attached hydrogen (secondary N) is 1. The van der Waals surface area contributed by atoms with Crippen LogP contribution in [0.1, 0.15) is 72.8 Å². The van der Waals surface area contributed by atoms with Gasteiger partial charge in [-0.05, 0) is 74.8 Å². The summed E-state index contributed by atoms with van der Waals surface area (Å²) in [4.78, 5) is 32.1. The minimum atomic E-state index is -5.04. The zero-order valence-electron chi connectivity index (χ0n) is 19.3. The quantitative estimate of drug-likeness (QED) is 0.561. The number of pyridine rings is 1. The summed E-state index contributed by atoms with van der Waals surface area (Å²) in [5, 5.41) is 2.70. The van der Waals surface area contributed by atoms with Gasteiger partial charge in [-0.3, -0.25) is 14.6 Å². The Hall–Kier alpha value is -3.04. The number of benzene rings is 1. The first-order valence-corrected chi connectivity index (χ1v) is 11.6. The Bertz CT molecular complexity index is 1130. The van der Waals surface area contributed by atoms with Crippen LogP contribution in [-0.2, 0) is 17.4 Å². The predicted octanol–water partition coefficient (Wildman–Crippen LogP) is 5.20. The molecule has 10 heteroatoms. The zero-order valence-corrected chi connectivity index (χ0v) is 19.3. The molecule has 0 radical (unpaired) electrons. The number of alkyl halides is 3. The molecule has 2 aromatic rings. The fourth-order valence-corrected chi connectivity index (χ4v) is 4.67. The summed E-state index contributed by atoms with van der Waals surface area (Å²) in [6, 6.07) is 2.03.